The maximum absolute atomic E-state index is 14.6. The van der Waals surface area contributed by atoms with Gasteiger partial charge >= 0.3 is 0 Å². The van der Waals surface area contributed by atoms with E-state index in [4.69, 9.17) is 28.4 Å². The number of nitrogens with zero attached hydrogens (tertiary/aromatic N) is 5. The van der Waals surface area contributed by atoms with Gasteiger partial charge in [-0.05, 0) is 66.0 Å². The summed E-state index contributed by atoms with van der Waals surface area (Å²) in [7, 11) is 4.94. The minimum atomic E-state index is -1.99. The van der Waals surface area contributed by atoms with Crippen molar-refractivity contribution in [1.82, 2.24) is 40.3 Å². The first-order valence-corrected chi connectivity index (χ1v) is 26.6. The number of aliphatic hydroxyl groups is 1. The highest BCUT2D eigenvalue weighted by Gasteiger charge is 2.53. The number of halogens is 1. The molecule has 5 heterocycles. The van der Waals surface area contributed by atoms with Gasteiger partial charge in [0, 0.05) is 75.9 Å². The van der Waals surface area contributed by atoms with Crippen LogP contribution in [0.3, 0.4) is 0 Å². The molecule has 414 valence electrons. The van der Waals surface area contributed by atoms with Crippen molar-refractivity contribution in [2.75, 3.05) is 80.1 Å². The van der Waals surface area contributed by atoms with Crippen LogP contribution in [0.1, 0.15) is 56.9 Å². The van der Waals surface area contributed by atoms with Gasteiger partial charge in [0.25, 0.3) is 11.5 Å². The Morgan fingerprint density at radius 2 is 1.58 bits per heavy atom. The van der Waals surface area contributed by atoms with E-state index in [0.717, 1.165) is 38.2 Å². The van der Waals surface area contributed by atoms with Crippen molar-refractivity contribution in [2.24, 2.45) is 12.5 Å². The van der Waals surface area contributed by atoms with E-state index in [1.807, 2.05) is 43.3 Å². The van der Waals surface area contributed by atoms with E-state index < -0.39 is 47.0 Å². The molecular formula is C55H69FN8O12S. The quantitative estimate of drug-likeness (QED) is 0.0603. The summed E-state index contributed by atoms with van der Waals surface area (Å²) in [5.41, 5.74) is 3.82. The fourth-order valence-corrected chi connectivity index (χ4v) is 10.3. The van der Waals surface area contributed by atoms with Gasteiger partial charge in [-0.1, -0.05) is 32.9 Å². The van der Waals surface area contributed by atoms with Crippen molar-refractivity contribution in [3.8, 4) is 38.8 Å². The van der Waals surface area contributed by atoms with Crippen LogP contribution < -0.4 is 35.7 Å². The predicted octanol–water partition coefficient (Wildman–Crippen LogP) is 4.09. The van der Waals surface area contributed by atoms with E-state index in [1.54, 1.807) is 70.7 Å². The van der Waals surface area contributed by atoms with E-state index in [0.29, 0.717) is 54.4 Å². The van der Waals surface area contributed by atoms with Crippen molar-refractivity contribution >= 4 is 45.7 Å². The van der Waals surface area contributed by atoms with Gasteiger partial charge in [-0.3, -0.25) is 33.9 Å². The van der Waals surface area contributed by atoms with Crippen molar-refractivity contribution in [2.45, 2.75) is 89.9 Å². The van der Waals surface area contributed by atoms with E-state index in [2.05, 4.69) is 30.8 Å². The number of methoxy groups -OCH3 is 2. The molecule has 3 aromatic heterocycles. The van der Waals surface area contributed by atoms with Crippen LogP contribution in [0, 0.1) is 12.3 Å². The van der Waals surface area contributed by atoms with Crippen LogP contribution in [-0.2, 0) is 53.5 Å². The van der Waals surface area contributed by atoms with Crippen LogP contribution >= 0.6 is 11.3 Å². The zero-order chi connectivity index (χ0) is 55.0. The van der Waals surface area contributed by atoms with Gasteiger partial charge in [0.2, 0.25) is 17.7 Å². The van der Waals surface area contributed by atoms with Gasteiger partial charge in [-0.25, -0.2) is 9.37 Å². The molecule has 0 radical (unpaired) electrons. The molecule has 3 fully saturated rings. The first-order valence-electron chi connectivity index (χ1n) is 25.7. The maximum Gasteiger partial charge on any atom is 0.259 e. The number of likely N-dealkylation sites (tertiary alicyclic amines) is 2. The Balaban J connectivity index is 0.733. The Morgan fingerprint density at radius 1 is 0.909 bits per heavy atom. The molecule has 2 saturated heterocycles. The van der Waals surface area contributed by atoms with E-state index in [-0.39, 0.29) is 89.5 Å². The molecule has 0 unspecified atom stereocenters. The van der Waals surface area contributed by atoms with Crippen molar-refractivity contribution < 1.29 is 57.1 Å². The number of pyridine rings is 2. The Kier molecular flexibility index (Phi) is 18.3. The van der Waals surface area contributed by atoms with Gasteiger partial charge in [-0.15, -0.1) is 11.3 Å². The molecule has 4 amide bonds. The summed E-state index contributed by atoms with van der Waals surface area (Å²) in [6.45, 7) is 10.3. The standard InChI is InChI=1S/C55H69FN8O12S/c1-33-48(77-32-59-33)34-8-9-35(24-58-50(67)43-23-38(65)28-64(43)52(69)49(54(2,3)4)61-53(70)55(56)11-12-55)44(20-34)76-19-18-74-15-14-73-16-17-75-31-47(66)60-37-26-63(27-37)30-42-45(71-6)21-36(22-46(42)72-7)41-29-62(5)51(68)40-25-57-13-10-39(40)41/h8-10,13,20-22,25,29,32,37-38,43,49,65H,11-12,14-19,23-24,26-28,30-31H2,1-7H3,(H,58,67)(H,60,66)(H,61,70)/t38-,43+,49-/m1/s1. The minimum Gasteiger partial charge on any atom is -0.496 e. The fourth-order valence-electron chi connectivity index (χ4n) is 9.51. The lowest BCUT2D eigenvalue weighted by Gasteiger charge is -2.40. The molecule has 3 aliphatic rings. The van der Waals surface area contributed by atoms with Crippen LogP contribution in [0.5, 0.6) is 17.2 Å². The number of carbonyl (C=O) groups excluding carboxylic acids is 4. The normalized spacial score (nSPS) is 17.6. The number of hydrogen-bond donors (Lipinski definition) is 4. The summed E-state index contributed by atoms with van der Waals surface area (Å²) < 4.78 is 51.1. The molecule has 0 bridgehead atoms. The van der Waals surface area contributed by atoms with Gasteiger partial charge in [-0.2, -0.15) is 0 Å². The van der Waals surface area contributed by atoms with Crippen LogP contribution in [0.2, 0.25) is 0 Å². The first-order chi connectivity index (χ1) is 36.9. The number of hydrogen-bond acceptors (Lipinski definition) is 16. The average molecular weight is 1090 g/mol. The zero-order valence-corrected chi connectivity index (χ0v) is 45.5. The molecule has 20 nitrogen and oxygen atoms in total. The smallest absolute Gasteiger partial charge is 0.259 e. The lowest BCUT2D eigenvalue weighted by atomic mass is 9.85. The number of benzene rings is 2. The Bertz CT molecular complexity index is 2960. The highest BCUT2D eigenvalue weighted by molar-refractivity contribution is 7.13. The molecule has 2 aromatic carbocycles. The Morgan fingerprint density at radius 3 is 2.23 bits per heavy atom. The van der Waals surface area contributed by atoms with Crippen molar-refractivity contribution in [3.05, 3.63) is 87.7 Å². The molecule has 0 spiro atoms. The van der Waals surface area contributed by atoms with E-state index in [9.17, 15) is 33.5 Å². The number of aliphatic hydroxyl groups excluding tert-OH is 1. The third kappa shape index (κ3) is 13.8. The summed E-state index contributed by atoms with van der Waals surface area (Å²) in [5.74, 6) is -0.308. The third-order valence-electron chi connectivity index (χ3n) is 13.9. The number of aryl methyl sites for hydroxylation is 2. The molecule has 5 aromatic rings. The number of thiazole rings is 1. The van der Waals surface area contributed by atoms with Crippen LogP contribution in [0.15, 0.2) is 65.3 Å². The lowest BCUT2D eigenvalue weighted by Crippen LogP contribution is -2.59. The predicted molar refractivity (Wildman–Crippen MR) is 285 cm³/mol. The number of ether oxygens (including phenoxy) is 6. The van der Waals surface area contributed by atoms with E-state index in [1.165, 1.54) is 16.2 Å². The first kappa shape index (κ1) is 56.6. The Hall–Kier alpha value is -6.56. The number of β-amino-alcohol motifs (C(OH)–C–C–N with tert-alkyl or cyclic N) is 1. The van der Waals surface area contributed by atoms with Crippen molar-refractivity contribution in [1.29, 1.82) is 0 Å². The summed E-state index contributed by atoms with van der Waals surface area (Å²) in [5, 5.41) is 20.4. The highest BCUT2D eigenvalue weighted by atomic mass is 32.1. The van der Waals surface area contributed by atoms with Crippen LogP contribution in [0.25, 0.3) is 32.3 Å². The van der Waals surface area contributed by atoms with Gasteiger partial charge in [0.15, 0.2) is 5.67 Å². The SMILES string of the molecule is COc1cc(-c2cn(C)c(=O)c3cnccc23)cc(OC)c1CN1CC(NC(=O)COCCOCCOCCOc2cc(-c3scnc3C)ccc2CNC(=O)[C@@H]2C[C@@H](O)CN2C(=O)[C@@H](NC(=O)C2(F)CC2)C(C)(C)C)C1. The monoisotopic (exact) mass is 1080 g/mol. The average Bonchev–Trinajstić information content (AvgIpc) is 3.82. The summed E-state index contributed by atoms with van der Waals surface area (Å²) in [4.78, 5) is 78.8. The minimum absolute atomic E-state index is 0.00156. The number of alkyl halides is 1. The number of fused-ring (bicyclic) bond motifs is 1. The van der Waals surface area contributed by atoms with Gasteiger partial charge in [0.05, 0.1) is 86.4 Å². The number of rotatable bonds is 25. The molecule has 1 aliphatic carbocycles. The number of aromatic nitrogens is 3. The molecule has 1 saturated carbocycles. The summed E-state index contributed by atoms with van der Waals surface area (Å²) >= 11 is 1.49. The second-order valence-corrected chi connectivity index (χ2v) is 21.6. The van der Waals surface area contributed by atoms with Crippen molar-refractivity contribution in [3.63, 3.8) is 0 Å². The lowest BCUT2D eigenvalue weighted by molar-refractivity contribution is -0.145. The van der Waals surface area contributed by atoms with E-state index >= 15 is 0 Å². The van der Waals surface area contributed by atoms with Crippen LogP contribution in [-0.4, -0.2) is 163 Å². The molecule has 2 aliphatic heterocycles. The van der Waals surface area contributed by atoms with Gasteiger partial charge in [0.1, 0.15) is 42.5 Å². The zero-order valence-electron chi connectivity index (χ0n) is 44.6. The number of carbonyl (C=O) groups is 4. The third-order valence-corrected chi connectivity index (χ3v) is 14.9. The summed E-state index contributed by atoms with van der Waals surface area (Å²) in [6, 6.07) is 9.20. The molecule has 3 atom stereocenters. The maximum atomic E-state index is 14.6. The largest absolute Gasteiger partial charge is 0.496 e. The fraction of sp³-hybridized carbons (Fsp3) is 0.509. The second-order valence-electron chi connectivity index (χ2n) is 20.8. The molecule has 77 heavy (non-hydrogen) atoms. The Labute approximate surface area is 450 Å². The van der Waals surface area contributed by atoms with Crippen LogP contribution in [0.4, 0.5) is 4.39 Å². The summed E-state index contributed by atoms with van der Waals surface area (Å²) in [6.07, 6.45) is 4.27. The topological polar surface area (TPSA) is 234 Å². The highest BCUT2D eigenvalue weighted by Crippen LogP contribution is 2.41. The molecular weight excluding hydrogens is 1020 g/mol. The molecule has 8 rings (SSSR count). The molecule has 22 heteroatoms. The molecule has 4 N–H and O–H groups in total. The van der Waals surface area contributed by atoms with Gasteiger partial charge < -0.3 is 58.9 Å². The number of amides is 4. The number of nitrogens with one attached hydrogen (secondary N) is 3. The second kappa shape index (κ2) is 24.8.